The van der Waals surface area contributed by atoms with E-state index in [1.807, 2.05) is 30.3 Å². The summed E-state index contributed by atoms with van der Waals surface area (Å²) in [5, 5.41) is 3.34. The Labute approximate surface area is 116 Å². The zero-order chi connectivity index (χ0) is 13.8. The van der Waals surface area contributed by atoms with Gasteiger partial charge in [-0.2, -0.15) is 0 Å². The van der Waals surface area contributed by atoms with Crippen LogP contribution in [0, 0.1) is 0 Å². The average Bonchev–Trinajstić information content (AvgIpc) is 2.65. The smallest absolute Gasteiger partial charge is 0.251 e. The second kappa shape index (κ2) is 5.79. The van der Waals surface area contributed by atoms with Gasteiger partial charge in [-0.1, -0.05) is 30.3 Å². The van der Waals surface area contributed by atoms with E-state index in [1.165, 1.54) is 4.90 Å². The molecule has 1 aliphatic heterocycles. The number of nitrogens with one attached hydrogen (secondary N) is 1. The van der Waals surface area contributed by atoms with Crippen LogP contribution in [0.4, 0.5) is 0 Å². The Morgan fingerprint density at radius 1 is 1.37 bits per heavy atom. The van der Waals surface area contributed by atoms with Crippen LogP contribution < -0.4 is 11.1 Å². The lowest BCUT2D eigenvalue weighted by atomic mass is 10.1. The standard InChI is InChI=1S/C13H15N3O2S/c14-11(17)7-6-10-12(18)16(13(19)15-10)8-9-4-2-1-3-5-9/h1-5,10H,6-8H2,(H2,14,17)(H,15,19)/t10-/m1/s1. The van der Waals surface area contributed by atoms with Crippen LogP contribution >= 0.6 is 12.2 Å². The van der Waals surface area contributed by atoms with Crippen LogP contribution in [0.1, 0.15) is 18.4 Å². The normalized spacial score (nSPS) is 18.5. The molecule has 0 aromatic heterocycles. The van der Waals surface area contributed by atoms with Crippen molar-refractivity contribution in [2.24, 2.45) is 5.73 Å². The van der Waals surface area contributed by atoms with Crippen LogP contribution in [-0.2, 0) is 16.1 Å². The molecule has 100 valence electrons. The third-order valence-corrected chi connectivity index (χ3v) is 3.31. The first kappa shape index (κ1) is 13.5. The molecule has 19 heavy (non-hydrogen) atoms. The predicted octanol–water partition coefficient (Wildman–Crippen LogP) is 0.537. The molecule has 0 spiro atoms. The molecule has 0 bridgehead atoms. The third kappa shape index (κ3) is 3.29. The van der Waals surface area contributed by atoms with Gasteiger partial charge in [-0.3, -0.25) is 14.5 Å². The molecule has 1 saturated heterocycles. The summed E-state index contributed by atoms with van der Waals surface area (Å²) in [4.78, 5) is 24.4. The van der Waals surface area contributed by atoms with Crippen molar-refractivity contribution in [1.29, 1.82) is 0 Å². The molecule has 1 fully saturated rings. The number of hydrogen-bond donors (Lipinski definition) is 2. The van der Waals surface area contributed by atoms with Crippen LogP contribution in [0.2, 0.25) is 0 Å². The lowest BCUT2D eigenvalue weighted by Gasteiger charge is -2.14. The van der Waals surface area contributed by atoms with E-state index in [0.717, 1.165) is 5.56 Å². The van der Waals surface area contributed by atoms with E-state index in [4.69, 9.17) is 18.0 Å². The van der Waals surface area contributed by atoms with E-state index in [2.05, 4.69) is 5.32 Å². The van der Waals surface area contributed by atoms with E-state index in [-0.39, 0.29) is 12.3 Å². The summed E-state index contributed by atoms with van der Waals surface area (Å²) in [6.45, 7) is 0.443. The Bertz CT molecular complexity index is 504. The second-order valence-corrected chi connectivity index (χ2v) is 4.80. The average molecular weight is 277 g/mol. The molecule has 1 aliphatic rings. The van der Waals surface area contributed by atoms with E-state index < -0.39 is 11.9 Å². The van der Waals surface area contributed by atoms with E-state index >= 15 is 0 Å². The van der Waals surface area contributed by atoms with Gasteiger partial charge >= 0.3 is 0 Å². The Balaban J connectivity index is 2.00. The second-order valence-electron chi connectivity index (χ2n) is 4.42. The zero-order valence-corrected chi connectivity index (χ0v) is 11.2. The third-order valence-electron chi connectivity index (χ3n) is 2.97. The zero-order valence-electron chi connectivity index (χ0n) is 10.3. The van der Waals surface area contributed by atoms with Crippen molar-refractivity contribution in [3.63, 3.8) is 0 Å². The summed E-state index contributed by atoms with van der Waals surface area (Å²) < 4.78 is 0. The number of amides is 2. The van der Waals surface area contributed by atoms with Crippen molar-refractivity contribution in [3.8, 4) is 0 Å². The van der Waals surface area contributed by atoms with Crippen LogP contribution in [0.5, 0.6) is 0 Å². The molecule has 1 heterocycles. The van der Waals surface area contributed by atoms with Gasteiger partial charge in [0, 0.05) is 6.42 Å². The number of primary amides is 1. The number of nitrogens with two attached hydrogens (primary N) is 1. The Morgan fingerprint density at radius 2 is 2.05 bits per heavy atom. The van der Waals surface area contributed by atoms with E-state index in [9.17, 15) is 9.59 Å². The van der Waals surface area contributed by atoms with Gasteiger partial charge in [0.2, 0.25) is 5.91 Å². The molecule has 3 N–H and O–H groups in total. The fourth-order valence-electron chi connectivity index (χ4n) is 1.97. The highest BCUT2D eigenvalue weighted by Gasteiger charge is 2.34. The van der Waals surface area contributed by atoms with Gasteiger partial charge in [-0.25, -0.2) is 0 Å². The van der Waals surface area contributed by atoms with Gasteiger partial charge < -0.3 is 11.1 Å². The SMILES string of the molecule is NC(=O)CC[C@H]1NC(=S)N(Cc2ccccc2)C1=O. The van der Waals surface area contributed by atoms with Gasteiger partial charge in [0.1, 0.15) is 6.04 Å². The van der Waals surface area contributed by atoms with Crippen molar-refractivity contribution in [2.45, 2.75) is 25.4 Å². The molecule has 1 atom stereocenters. The highest BCUT2D eigenvalue weighted by molar-refractivity contribution is 7.80. The first-order valence-corrected chi connectivity index (χ1v) is 6.43. The van der Waals surface area contributed by atoms with Crippen LogP contribution in [0.3, 0.4) is 0 Å². The molecule has 6 heteroatoms. The van der Waals surface area contributed by atoms with E-state index in [1.54, 1.807) is 0 Å². The van der Waals surface area contributed by atoms with Crippen molar-refractivity contribution < 1.29 is 9.59 Å². The largest absolute Gasteiger partial charge is 0.370 e. The molecule has 1 aromatic carbocycles. The Hall–Kier alpha value is -1.95. The number of nitrogens with zero attached hydrogens (tertiary/aromatic N) is 1. The van der Waals surface area contributed by atoms with Crippen LogP contribution in [0.15, 0.2) is 30.3 Å². The molecule has 0 aliphatic carbocycles. The lowest BCUT2D eigenvalue weighted by Crippen LogP contribution is -2.31. The molecule has 2 rings (SSSR count). The number of carbonyl (C=O) groups is 2. The first-order valence-electron chi connectivity index (χ1n) is 6.02. The van der Waals surface area contributed by atoms with Crippen molar-refractivity contribution in [3.05, 3.63) is 35.9 Å². The minimum Gasteiger partial charge on any atom is -0.370 e. The summed E-state index contributed by atoms with van der Waals surface area (Å²) in [7, 11) is 0. The summed E-state index contributed by atoms with van der Waals surface area (Å²) in [5.41, 5.74) is 6.09. The van der Waals surface area contributed by atoms with Gasteiger partial charge in [-0.05, 0) is 24.2 Å². The van der Waals surface area contributed by atoms with Crippen molar-refractivity contribution in [2.75, 3.05) is 0 Å². The summed E-state index contributed by atoms with van der Waals surface area (Å²) >= 11 is 5.15. The quantitative estimate of drug-likeness (QED) is 0.770. The van der Waals surface area contributed by atoms with Gasteiger partial charge in [-0.15, -0.1) is 0 Å². The Morgan fingerprint density at radius 3 is 2.68 bits per heavy atom. The topological polar surface area (TPSA) is 75.4 Å². The van der Waals surface area contributed by atoms with Gasteiger partial charge in [0.05, 0.1) is 6.54 Å². The van der Waals surface area contributed by atoms with Gasteiger partial charge in [0.25, 0.3) is 5.91 Å². The van der Waals surface area contributed by atoms with E-state index in [0.29, 0.717) is 18.1 Å². The maximum absolute atomic E-state index is 12.2. The van der Waals surface area contributed by atoms with Crippen molar-refractivity contribution in [1.82, 2.24) is 10.2 Å². The summed E-state index contributed by atoms with van der Waals surface area (Å²) in [5.74, 6) is -0.517. The maximum Gasteiger partial charge on any atom is 0.251 e. The molecule has 5 nitrogen and oxygen atoms in total. The van der Waals surface area contributed by atoms with Crippen molar-refractivity contribution >= 4 is 29.1 Å². The number of benzene rings is 1. The molecule has 0 saturated carbocycles. The number of carbonyl (C=O) groups excluding carboxylic acids is 2. The number of rotatable bonds is 5. The predicted molar refractivity (Wildman–Crippen MR) is 74.9 cm³/mol. The fraction of sp³-hybridized carbons (Fsp3) is 0.308. The molecular weight excluding hydrogens is 262 g/mol. The molecular formula is C13H15N3O2S. The number of hydrogen-bond acceptors (Lipinski definition) is 3. The molecule has 0 radical (unpaired) electrons. The lowest BCUT2D eigenvalue weighted by molar-refractivity contribution is -0.127. The summed E-state index contributed by atoms with van der Waals surface area (Å²) in [6.07, 6.45) is 0.546. The molecule has 1 aromatic rings. The van der Waals surface area contributed by atoms with Crippen LogP contribution in [0.25, 0.3) is 0 Å². The highest BCUT2D eigenvalue weighted by atomic mass is 32.1. The first-order chi connectivity index (χ1) is 9.08. The molecule has 2 amide bonds. The van der Waals surface area contributed by atoms with Gasteiger partial charge in [0.15, 0.2) is 5.11 Å². The fourth-order valence-corrected chi connectivity index (χ4v) is 2.27. The monoisotopic (exact) mass is 277 g/mol. The maximum atomic E-state index is 12.2. The minimum atomic E-state index is -0.441. The summed E-state index contributed by atoms with van der Waals surface area (Å²) in [6, 6.07) is 9.18. The molecule has 0 unspecified atom stereocenters. The number of thiocarbonyl (C=S) groups is 1. The highest BCUT2D eigenvalue weighted by Crippen LogP contribution is 2.15. The Kier molecular flexibility index (Phi) is 4.11. The minimum absolute atomic E-state index is 0.102. The van der Waals surface area contributed by atoms with Crippen LogP contribution in [-0.4, -0.2) is 27.9 Å².